The molecule has 11 heteroatoms. The number of rotatable bonds is 8. The van der Waals surface area contributed by atoms with E-state index in [4.69, 9.17) is 9.72 Å². The molecule has 8 nitrogen and oxygen atoms in total. The molecular formula is C29H27F2N3O5S. The van der Waals surface area contributed by atoms with E-state index < -0.39 is 16.1 Å². The van der Waals surface area contributed by atoms with E-state index in [-0.39, 0.29) is 47.1 Å². The molecule has 4 aromatic rings. The quantitative estimate of drug-likeness (QED) is 0.306. The maximum absolute atomic E-state index is 13.8. The number of para-hydroxylation sites is 1. The van der Waals surface area contributed by atoms with Gasteiger partial charge in [0.1, 0.15) is 5.82 Å². The molecule has 1 aromatic heterocycles. The van der Waals surface area contributed by atoms with Gasteiger partial charge in [0.2, 0.25) is 0 Å². The van der Waals surface area contributed by atoms with E-state index in [0.29, 0.717) is 16.6 Å². The summed E-state index contributed by atoms with van der Waals surface area (Å²) in [5, 5.41) is 2.87. The van der Waals surface area contributed by atoms with Crippen LogP contribution in [0.5, 0.6) is 11.5 Å². The van der Waals surface area contributed by atoms with Crippen LogP contribution >= 0.6 is 0 Å². The van der Waals surface area contributed by atoms with Crippen LogP contribution in [0.2, 0.25) is 0 Å². The molecule has 208 valence electrons. The molecule has 6 rings (SSSR count). The van der Waals surface area contributed by atoms with Crippen LogP contribution in [0.15, 0.2) is 65.6 Å². The first-order chi connectivity index (χ1) is 19.1. The molecule has 1 saturated carbocycles. The highest BCUT2D eigenvalue weighted by atomic mass is 32.2. The van der Waals surface area contributed by atoms with E-state index in [1.807, 2.05) is 10.6 Å². The van der Waals surface area contributed by atoms with Gasteiger partial charge in [-0.3, -0.25) is 4.79 Å². The smallest absolute Gasteiger partial charge is 0.395 e. The fourth-order valence-electron chi connectivity index (χ4n) is 5.02. The highest BCUT2D eigenvalue weighted by Gasteiger charge is 2.44. The third kappa shape index (κ3) is 4.90. The van der Waals surface area contributed by atoms with Gasteiger partial charge >= 0.3 is 6.29 Å². The number of alkyl halides is 2. The largest absolute Gasteiger partial charge is 0.586 e. The summed E-state index contributed by atoms with van der Waals surface area (Å²) in [5.41, 5.74) is 3.18. The summed E-state index contributed by atoms with van der Waals surface area (Å²) in [6.45, 7) is 2.09. The third-order valence-corrected chi connectivity index (χ3v) is 9.21. The van der Waals surface area contributed by atoms with E-state index >= 15 is 0 Å². The van der Waals surface area contributed by atoms with Crippen molar-refractivity contribution in [1.82, 2.24) is 14.9 Å². The highest BCUT2D eigenvalue weighted by molar-refractivity contribution is 7.91. The number of carbonyl (C=O) groups is 1. The van der Waals surface area contributed by atoms with Crippen LogP contribution in [0, 0.1) is 0 Å². The van der Waals surface area contributed by atoms with Crippen LogP contribution in [0.4, 0.5) is 8.78 Å². The normalized spacial score (nSPS) is 16.2. The van der Waals surface area contributed by atoms with E-state index in [1.54, 1.807) is 55.5 Å². The lowest BCUT2D eigenvalue weighted by atomic mass is 9.85. The minimum Gasteiger partial charge on any atom is -0.395 e. The Morgan fingerprint density at radius 1 is 1.10 bits per heavy atom. The molecule has 3 aromatic carbocycles. The number of fused-ring (bicyclic) bond motifs is 2. The van der Waals surface area contributed by atoms with Crippen LogP contribution < -0.4 is 14.8 Å². The van der Waals surface area contributed by atoms with E-state index in [2.05, 4.69) is 10.1 Å². The molecule has 0 spiro atoms. The molecule has 1 N–H and O–H groups in total. The number of amides is 1. The highest BCUT2D eigenvalue weighted by Crippen LogP contribution is 2.44. The second kappa shape index (κ2) is 9.88. The first-order valence-electron chi connectivity index (χ1n) is 13.1. The lowest BCUT2D eigenvalue weighted by Crippen LogP contribution is -2.26. The molecule has 0 atom stereocenters. The number of sulfone groups is 1. The van der Waals surface area contributed by atoms with Gasteiger partial charge in [-0.05, 0) is 54.8 Å². The standard InChI is InChI=1S/C29H27F2N3O5S/c1-2-40(36,37)22-12-9-18(10-13-22)16-32-28(35)20-11-14-24-23(15-20)33-27(19-5-3-6-19)34(24)17-21-7-4-8-25-26(21)39-29(30,31)38-25/h4,7-15,19H,2-3,5-6,16-17H2,1H3,(H,32,35). The lowest BCUT2D eigenvalue weighted by Gasteiger charge is -2.25. The van der Waals surface area contributed by atoms with Gasteiger partial charge in [-0.2, -0.15) is 0 Å². The number of hydrogen-bond acceptors (Lipinski definition) is 6. The number of benzene rings is 3. The average Bonchev–Trinajstić information content (AvgIpc) is 3.42. The van der Waals surface area contributed by atoms with Gasteiger partial charge in [0, 0.05) is 23.6 Å². The molecule has 1 aliphatic carbocycles. The van der Waals surface area contributed by atoms with Crippen LogP contribution in [0.25, 0.3) is 11.0 Å². The Bertz CT molecular complexity index is 1710. The summed E-state index contributed by atoms with van der Waals surface area (Å²) in [4.78, 5) is 18.1. The molecule has 0 bridgehead atoms. The number of nitrogens with zero attached hydrogens (tertiary/aromatic N) is 2. The van der Waals surface area contributed by atoms with Crippen molar-refractivity contribution < 1.29 is 31.5 Å². The Kier molecular flexibility index (Phi) is 6.48. The Morgan fingerprint density at radius 2 is 1.88 bits per heavy atom. The fourth-order valence-corrected chi connectivity index (χ4v) is 5.90. The van der Waals surface area contributed by atoms with Crippen molar-refractivity contribution in [2.24, 2.45) is 0 Å². The zero-order valence-electron chi connectivity index (χ0n) is 21.7. The minimum absolute atomic E-state index is 0.00213. The van der Waals surface area contributed by atoms with Crippen LogP contribution in [-0.2, 0) is 22.9 Å². The van der Waals surface area contributed by atoms with E-state index in [0.717, 1.165) is 36.2 Å². The van der Waals surface area contributed by atoms with Crippen molar-refractivity contribution in [1.29, 1.82) is 0 Å². The summed E-state index contributed by atoms with van der Waals surface area (Å²) in [7, 11) is -3.29. The Balaban J connectivity index is 1.24. The number of halogens is 2. The molecule has 2 heterocycles. The molecular weight excluding hydrogens is 540 g/mol. The van der Waals surface area contributed by atoms with E-state index in [1.165, 1.54) is 6.07 Å². The molecule has 0 unspecified atom stereocenters. The van der Waals surface area contributed by atoms with Crippen molar-refractivity contribution in [3.05, 3.63) is 83.2 Å². The second-order valence-electron chi connectivity index (χ2n) is 10.0. The topological polar surface area (TPSA) is 99.5 Å². The zero-order valence-corrected chi connectivity index (χ0v) is 22.5. The summed E-state index contributed by atoms with van der Waals surface area (Å²) < 4.78 is 63.0. The summed E-state index contributed by atoms with van der Waals surface area (Å²) in [5.74, 6) is 0.849. The van der Waals surface area contributed by atoms with Gasteiger partial charge in [-0.15, -0.1) is 8.78 Å². The number of hydrogen-bond donors (Lipinski definition) is 1. The van der Waals surface area contributed by atoms with Crippen molar-refractivity contribution in [3.8, 4) is 11.5 Å². The second-order valence-corrected chi connectivity index (χ2v) is 12.3. The predicted molar refractivity (Wildman–Crippen MR) is 143 cm³/mol. The average molecular weight is 568 g/mol. The van der Waals surface area contributed by atoms with Crippen molar-refractivity contribution in [2.45, 2.75) is 56.4 Å². The van der Waals surface area contributed by atoms with Gasteiger partial charge < -0.3 is 19.4 Å². The number of nitrogens with one attached hydrogen (secondary N) is 1. The Hall–Kier alpha value is -3.99. The van der Waals surface area contributed by atoms with Crippen LogP contribution in [-0.4, -0.2) is 35.9 Å². The van der Waals surface area contributed by atoms with Crippen molar-refractivity contribution >= 4 is 26.8 Å². The molecule has 1 amide bonds. The Labute approximate surface area is 229 Å². The molecule has 40 heavy (non-hydrogen) atoms. The van der Waals surface area contributed by atoms with Crippen LogP contribution in [0.1, 0.15) is 59.4 Å². The number of carbonyl (C=O) groups excluding carboxylic acids is 1. The summed E-state index contributed by atoms with van der Waals surface area (Å²) >= 11 is 0. The lowest BCUT2D eigenvalue weighted by molar-refractivity contribution is -0.286. The Morgan fingerprint density at radius 3 is 2.58 bits per heavy atom. The van der Waals surface area contributed by atoms with Gasteiger partial charge in [-0.1, -0.05) is 37.6 Å². The minimum atomic E-state index is -3.70. The van der Waals surface area contributed by atoms with Crippen LogP contribution in [0.3, 0.4) is 0 Å². The summed E-state index contributed by atoms with van der Waals surface area (Å²) in [6.07, 6.45) is -0.639. The SMILES string of the molecule is CCS(=O)(=O)c1ccc(CNC(=O)c2ccc3c(c2)nc(C2CCC2)n3Cc2cccc3c2OC(F)(F)O3)cc1. The number of imidazole rings is 1. The number of aromatic nitrogens is 2. The van der Waals surface area contributed by atoms with Gasteiger partial charge in [-0.25, -0.2) is 13.4 Å². The third-order valence-electron chi connectivity index (χ3n) is 7.46. The maximum atomic E-state index is 13.8. The molecule has 1 fully saturated rings. The fraction of sp³-hybridized carbons (Fsp3) is 0.310. The summed E-state index contributed by atoms with van der Waals surface area (Å²) in [6, 6.07) is 16.5. The number of ether oxygens (including phenoxy) is 2. The first-order valence-corrected chi connectivity index (χ1v) is 14.8. The predicted octanol–water partition coefficient (Wildman–Crippen LogP) is 5.40. The van der Waals surface area contributed by atoms with Crippen molar-refractivity contribution in [2.75, 3.05) is 5.75 Å². The molecule has 0 radical (unpaired) electrons. The maximum Gasteiger partial charge on any atom is 0.586 e. The van der Waals surface area contributed by atoms with Crippen molar-refractivity contribution in [3.63, 3.8) is 0 Å². The van der Waals surface area contributed by atoms with Gasteiger partial charge in [0.15, 0.2) is 21.3 Å². The van der Waals surface area contributed by atoms with Gasteiger partial charge in [0.25, 0.3) is 5.91 Å². The molecule has 2 aliphatic rings. The monoisotopic (exact) mass is 567 g/mol. The molecule has 1 aliphatic heterocycles. The van der Waals surface area contributed by atoms with E-state index in [9.17, 15) is 22.0 Å². The van der Waals surface area contributed by atoms with Gasteiger partial charge in [0.05, 0.1) is 28.2 Å². The first kappa shape index (κ1) is 26.2. The zero-order chi connectivity index (χ0) is 28.1. The molecule has 0 saturated heterocycles.